The number of fused-ring (bicyclic) bond motifs is 7. The second-order valence-electron chi connectivity index (χ2n) is 35.2. The normalized spacial score (nSPS) is 12.8. The van der Waals surface area contributed by atoms with Gasteiger partial charge in [-0.25, -0.2) is 0 Å². The van der Waals surface area contributed by atoms with Crippen molar-refractivity contribution in [2.45, 2.75) is 78.6 Å². The largest absolute Gasteiger partial charge is 0.310 e. The maximum Gasteiger partial charge on any atom is 0.252 e. The molecule has 554 valence electrons. The third kappa shape index (κ3) is 11.7. The lowest BCUT2D eigenvalue weighted by Crippen LogP contribution is -2.61. The first-order valence-electron chi connectivity index (χ1n) is 41.1. The number of nitrogens with zero attached hydrogens (tertiary/aromatic N) is 3. The number of para-hydroxylation sites is 2. The van der Waals surface area contributed by atoms with E-state index in [4.69, 9.17) is 0 Å². The molecule has 0 aliphatic carbocycles. The van der Waals surface area contributed by atoms with E-state index in [1.54, 1.807) is 0 Å². The van der Waals surface area contributed by atoms with Crippen molar-refractivity contribution in [1.82, 2.24) is 4.57 Å². The molecule has 4 heteroatoms. The van der Waals surface area contributed by atoms with E-state index >= 15 is 0 Å². The molecule has 0 saturated heterocycles. The molecular formula is C112H88BN3. The Hall–Kier alpha value is -13.5. The molecule has 0 unspecified atom stereocenters. The van der Waals surface area contributed by atoms with Crippen LogP contribution >= 0.6 is 0 Å². The number of rotatable bonds is 11. The molecule has 0 atom stereocenters. The number of anilines is 6. The van der Waals surface area contributed by atoms with E-state index in [0.717, 1.165) is 129 Å². The van der Waals surface area contributed by atoms with E-state index in [1.807, 2.05) is 0 Å². The van der Waals surface area contributed by atoms with Crippen molar-refractivity contribution in [2.75, 3.05) is 9.80 Å². The topological polar surface area (TPSA) is 11.4 Å². The number of benzene rings is 18. The maximum absolute atomic E-state index is 2.74. The first-order valence-corrected chi connectivity index (χ1v) is 41.1. The van der Waals surface area contributed by atoms with E-state index in [-0.39, 0.29) is 23.0 Å². The molecule has 2 aliphatic heterocycles. The summed E-state index contributed by atoms with van der Waals surface area (Å²) in [6.45, 7) is 20.8. The molecule has 0 fully saturated rings. The lowest BCUT2D eigenvalue weighted by molar-refractivity contribution is 0.590. The van der Waals surface area contributed by atoms with Crippen molar-refractivity contribution < 1.29 is 0 Å². The minimum Gasteiger partial charge on any atom is -0.310 e. The average Bonchev–Trinajstić information content (AvgIpc) is 1.03. The van der Waals surface area contributed by atoms with Gasteiger partial charge in [0.05, 0.1) is 22.4 Å². The molecule has 3 nitrogen and oxygen atoms in total. The highest BCUT2D eigenvalue weighted by Gasteiger charge is 2.46. The Kier molecular flexibility index (Phi) is 16.4. The van der Waals surface area contributed by atoms with Crippen molar-refractivity contribution in [3.05, 3.63) is 387 Å². The van der Waals surface area contributed by atoms with Gasteiger partial charge in [-0.15, -0.1) is 0 Å². The van der Waals surface area contributed by atoms with E-state index in [1.165, 1.54) is 87.3 Å². The summed E-state index contributed by atoms with van der Waals surface area (Å²) in [7, 11) is 0. The quantitative estimate of drug-likeness (QED) is 0.0944. The fourth-order valence-corrected chi connectivity index (χ4v) is 19.0. The minimum atomic E-state index is -0.330. The van der Waals surface area contributed by atoms with Crippen molar-refractivity contribution in [3.8, 4) is 94.7 Å². The van der Waals surface area contributed by atoms with Crippen molar-refractivity contribution in [1.29, 1.82) is 0 Å². The van der Waals surface area contributed by atoms with Gasteiger partial charge >= 0.3 is 0 Å². The van der Waals surface area contributed by atoms with Gasteiger partial charge < -0.3 is 14.4 Å². The molecule has 0 bridgehead atoms. The smallest absolute Gasteiger partial charge is 0.252 e. The summed E-state index contributed by atoms with van der Waals surface area (Å²) in [6.07, 6.45) is 0. The molecule has 0 saturated carbocycles. The summed E-state index contributed by atoms with van der Waals surface area (Å²) in [5.74, 6) is 0. The molecule has 116 heavy (non-hydrogen) atoms. The number of aromatic nitrogens is 1. The summed E-state index contributed by atoms with van der Waals surface area (Å²) in [5, 5.41) is 10.1. The Morgan fingerprint density at radius 3 is 1.08 bits per heavy atom. The fourth-order valence-electron chi connectivity index (χ4n) is 19.0. The van der Waals surface area contributed by atoms with E-state index < -0.39 is 0 Å². The maximum atomic E-state index is 2.74. The number of hydrogen-bond donors (Lipinski definition) is 0. The number of hydrogen-bond acceptors (Lipinski definition) is 2. The molecule has 21 rings (SSSR count). The fraction of sp³-hybridized carbons (Fsp3) is 0.107. The molecule has 3 heterocycles. The van der Waals surface area contributed by atoms with Gasteiger partial charge in [0, 0.05) is 61.5 Å². The van der Waals surface area contributed by atoms with Crippen LogP contribution in [0.2, 0.25) is 0 Å². The molecular weight excluding hydrogens is 1400 g/mol. The first kappa shape index (κ1) is 70.3. The van der Waals surface area contributed by atoms with Crippen LogP contribution in [0.5, 0.6) is 0 Å². The Morgan fingerprint density at radius 1 is 0.224 bits per heavy atom. The van der Waals surface area contributed by atoms with E-state index in [9.17, 15) is 0 Å². The highest BCUT2D eigenvalue weighted by Crippen LogP contribution is 2.57. The van der Waals surface area contributed by atoms with Crippen molar-refractivity contribution in [3.63, 3.8) is 0 Å². The Balaban J connectivity index is 0.963. The molecule has 1 aromatic heterocycles. The molecule has 0 spiro atoms. The summed E-state index contributed by atoms with van der Waals surface area (Å²) in [6, 6.07) is 142. The molecule has 19 aromatic rings. The van der Waals surface area contributed by atoms with Gasteiger partial charge in [-0.05, 0) is 227 Å². The standard InChI is InChI=1S/C112H88BN3/c1-110(2,3)85-53-50-73(51-54-85)83-67-103-107-104(68-83)116(109-94(76-40-24-14-25-41-76)63-82(72-34-18-11-19-35-72)64-95(109)77-42-26-15-27-43-77)102-70-88(114-99-46-30-28-44-89(99)90-45-29-31-47-100(90)114)55-56-97(102)113(107)98-66-78(91-65-84-60-86(111(4,5)6)58-79-48-49-80-59-87(112(7,8)9)69-96(91)106(80)105(79)84)52-57-101(98)115(103)108-92(74-36-20-12-21-37-74)61-81(71-32-16-10-17-33-71)62-93(108)75-38-22-13-23-39-75/h10-70H,1-9H3. The van der Waals surface area contributed by atoms with Crippen LogP contribution in [0.15, 0.2) is 370 Å². The van der Waals surface area contributed by atoms with Crippen LogP contribution in [0.1, 0.15) is 79.0 Å². The van der Waals surface area contributed by atoms with Crippen molar-refractivity contribution in [2.24, 2.45) is 0 Å². The molecule has 0 radical (unpaired) electrons. The average molecular weight is 1490 g/mol. The second-order valence-corrected chi connectivity index (χ2v) is 35.2. The zero-order chi connectivity index (χ0) is 78.5. The highest BCUT2D eigenvalue weighted by atomic mass is 15.2. The third-order valence-corrected chi connectivity index (χ3v) is 24.9. The third-order valence-electron chi connectivity index (χ3n) is 24.9. The van der Waals surface area contributed by atoms with Crippen LogP contribution in [0.4, 0.5) is 34.1 Å². The Morgan fingerprint density at radius 2 is 0.612 bits per heavy atom. The monoisotopic (exact) mass is 1490 g/mol. The highest BCUT2D eigenvalue weighted by molar-refractivity contribution is 7.00. The first-order chi connectivity index (χ1) is 56.4. The predicted octanol–water partition coefficient (Wildman–Crippen LogP) is 29.0. The summed E-state index contributed by atoms with van der Waals surface area (Å²) >= 11 is 0. The Bertz CT molecular complexity index is 6910. The summed E-state index contributed by atoms with van der Waals surface area (Å²) in [5.41, 5.74) is 35.5. The summed E-state index contributed by atoms with van der Waals surface area (Å²) in [4.78, 5) is 5.46. The van der Waals surface area contributed by atoms with Gasteiger partial charge in [-0.1, -0.05) is 353 Å². The van der Waals surface area contributed by atoms with Gasteiger partial charge in [0.1, 0.15) is 0 Å². The molecule has 0 amide bonds. The van der Waals surface area contributed by atoms with Crippen LogP contribution < -0.4 is 26.2 Å². The molecule has 18 aromatic carbocycles. The minimum absolute atomic E-state index is 0.0795. The zero-order valence-electron chi connectivity index (χ0n) is 67.1. The van der Waals surface area contributed by atoms with E-state index in [0.29, 0.717) is 0 Å². The Labute approximate surface area is 681 Å². The van der Waals surface area contributed by atoms with Crippen LogP contribution in [0.25, 0.3) is 149 Å². The van der Waals surface area contributed by atoms with Gasteiger partial charge in [-0.3, -0.25) is 0 Å². The van der Waals surface area contributed by atoms with E-state index in [2.05, 4.69) is 447 Å². The van der Waals surface area contributed by atoms with Crippen LogP contribution in [0, 0.1) is 0 Å². The van der Waals surface area contributed by atoms with Gasteiger partial charge in [-0.2, -0.15) is 0 Å². The lowest BCUT2D eigenvalue weighted by Gasteiger charge is -2.46. The van der Waals surface area contributed by atoms with Gasteiger partial charge in [0.25, 0.3) is 6.71 Å². The predicted molar refractivity (Wildman–Crippen MR) is 498 cm³/mol. The second kappa shape index (κ2) is 27.1. The lowest BCUT2D eigenvalue weighted by atomic mass is 9.33. The SMILES string of the molecule is CC(C)(C)c1ccc(-c2cc3c4c(c2)N(c2c(-c5ccccc5)cc(-c5ccccc5)cc2-c2ccccc2)c2cc(-n5c6ccccc6c6ccccc65)ccc2B4c2cc(-c4cc5cc(C(C)(C)C)cc6ccc7cc(C(C)(C)C)cc4c7c65)ccc2N3c2c(-c3ccccc3)cc(-c3ccccc3)cc2-c2ccccc2)cc1. The van der Waals surface area contributed by atoms with Crippen LogP contribution in [-0.4, -0.2) is 11.3 Å². The van der Waals surface area contributed by atoms with Crippen LogP contribution in [0.3, 0.4) is 0 Å². The zero-order valence-corrected chi connectivity index (χ0v) is 67.1. The van der Waals surface area contributed by atoms with Crippen LogP contribution in [-0.2, 0) is 16.2 Å². The van der Waals surface area contributed by atoms with Gasteiger partial charge in [0.2, 0.25) is 0 Å². The molecule has 0 N–H and O–H groups in total. The summed E-state index contributed by atoms with van der Waals surface area (Å²) < 4.78 is 2.52. The molecule has 2 aliphatic rings. The van der Waals surface area contributed by atoms with Crippen molar-refractivity contribution >= 4 is 111 Å². The van der Waals surface area contributed by atoms with Gasteiger partial charge in [0.15, 0.2) is 0 Å².